The average Bonchev–Trinajstić information content (AvgIpc) is 2.66. The molecule has 2 amide bonds. The zero-order chi connectivity index (χ0) is 10.4. The van der Waals surface area contributed by atoms with Crippen molar-refractivity contribution in [2.75, 3.05) is 33.2 Å². The zero-order valence-corrected chi connectivity index (χ0v) is 9.18. The Morgan fingerprint density at radius 3 is 2.64 bits per heavy atom. The van der Waals surface area contributed by atoms with Gasteiger partial charge in [-0.3, -0.25) is 0 Å². The van der Waals surface area contributed by atoms with Crippen LogP contribution in [0, 0.1) is 5.92 Å². The molecule has 1 atom stereocenters. The maximum atomic E-state index is 10.9. The lowest BCUT2D eigenvalue weighted by atomic mass is 10.1. The van der Waals surface area contributed by atoms with Gasteiger partial charge in [0.25, 0.3) is 0 Å². The topological polar surface area (TPSA) is 44.4 Å². The first kappa shape index (κ1) is 11.3. The van der Waals surface area contributed by atoms with E-state index in [4.69, 9.17) is 0 Å². The lowest BCUT2D eigenvalue weighted by Crippen LogP contribution is -2.38. The summed E-state index contributed by atoms with van der Waals surface area (Å²) in [6.45, 7) is 6.49. The standard InChI is InChI=1S/C10H21N3O/c1-9(7-12-10(14)11-2)8-13-5-3-4-6-13/h9H,3-8H2,1-2H3,(H2,11,12,14). The van der Waals surface area contributed by atoms with Gasteiger partial charge >= 0.3 is 6.03 Å². The highest BCUT2D eigenvalue weighted by atomic mass is 16.2. The van der Waals surface area contributed by atoms with Crippen LogP contribution in [0.3, 0.4) is 0 Å². The van der Waals surface area contributed by atoms with Gasteiger partial charge in [-0.25, -0.2) is 4.79 Å². The largest absolute Gasteiger partial charge is 0.341 e. The Hall–Kier alpha value is -0.770. The van der Waals surface area contributed by atoms with E-state index in [0.717, 1.165) is 13.1 Å². The number of nitrogens with zero attached hydrogens (tertiary/aromatic N) is 1. The van der Waals surface area contributed by atoms with Crippen molar-refractivity contribution < 1.29 is 4.79 Å². The predicted molar refractivity (Wildman–Crippen MR) is 57.3 cm³/mol. The van der Waals surface area contributed by atoms with Gasteiger partial charge < -0.3 is 15.5 Å². The van der Waals surface area contributed by atoms with E-state index in [1.165, 1.54) is 25.9 Å². The molecule has 0 aromatic carbocycles. The first-order chi connectivity index (χ1) is 6.72. The first-order valence-electron chi connectivity index (χ1n) is 5.40. The van der Waals surface area contributed by atoms with Crippen molar-refractivity contribution in [1.82, 2.24) is 15.5 Å². The minimum Gasteiger partial charge on any atom is -0.341 e. The Bertz CT molecular complexity index is 178. The molecule has 0 saturated carbocycles. The summed E-state index contributed by atoms with van der Waals surface area (Å²) >= 11 is 0. The van der Waals surface area contributed by atoms with E-state index in [-0.39, 0.29) is 6.03 Å². The van der Waals surface area contributed by atoms with Gasteiger partial charge in [-0.15, -0.1) is 0 Å². The molecule has 1 saturated heterocycles. The van der Waals surface area contributed by atoms with Crippen LogP contribution < -0.4 is 10.6 Å². The lowest BCUT2D eigenvalue weighted by Gasteiger charge is -2.20. The molecular weight excluding hydrogens is 178 g/mol. The fourth-order valence-corrected chi connectivity index (χ4v) is 1.83. The predicted octanol–water partition coefficient (Wildman–Crippen LogP) is 0.647. The van der Waals surface area contributed by atoms with Crippen molar-refractivity contribution in [3.8, 4) is 0 Å². The van der Waals surface area contributed by atoms with Crippen LogP contribution in [0.25, 0.3) is 0 Å². The molecule has 1 rings (SSSR count). The quantitative estimate of drug-likeness (QED) is 0.698. The molecule has 0 aromatic rings. The number of carbonyl (C=O) groups excluding carboxylic acids is 1. The van der Waals surface area contributed by atoms with Gasteiger partial charge in [0, 0.05) is 20.1 Å². The van der Waals surface area contributed by atoms with Crippen LogP contribution in [0.1, 0.15) is 19.8 Å². The maximum absolute atomic E-state index is 10.9. The fourth-order valence-electron chi connectivity index (χ4n) is 1.83. The van der Waals surface area contributed by atoms with E-state index in [1.54, 1.807) is 7.05 Å². The van der Waals surface area contributed by atoms with Gasteiger partial charge in [0.1, 0.15) is 0 Å². The molecule has 0 aliphatic carbocycles. The van der Waals surface area contributed by atoms with Crippen molar-refractivity contribution in [1.29, 1.82) is 0 Å². The summed E-state index contributed by atoms with van der Waals surface area (Å²) in [5.74, 6) is 0.533. The Morgan fingerprint density at radius 2 is 2.07 bits per heavy atom. The highest BCUT2D eigenvalue weighted by Crippen LogP contribution is 2.09. The second-order valence-electron chi connectivity index (χ2n) is 4.07. The molecule has 1 heterocycles. The van der Waals surface area contributed by atoms with Gasteiger partial charge in [0.2, 0.25) is 0 Å². The van der Waals surface area contributed by atoms with Crippen LogP contribution in [0.2, 0.25) is 0 Å². The molecule has 82 valence electrons. The molecule has 1 fully saturated rings. The van der Waals surface area contributed by atoms with E-state index < -0.39 is 0 Å². The monoisotopic (exact) mass is 199 g/mol. The molecule has 14 heavy (non-hydrogen) atoms. The van der Waals surface area contributed by atoms with Gasteiger partial charge in [0.15, 0.2) is 0 Å². The van der Waals surface area contributed by atoms with Gasteiger partial charge in [0.05, 0.1) is 0 Å². The number of amides is 2. The van der Waals surface area contributed by atoms with Crippen molar-refractivity contribution in [2.45, 2.75) is 19.8 Å². The molecule has 4 heteroatoms. The summed E-state index contributed by atoms with van der Waals surface area (Å²) in [5, 5.41) is 5.38. The number of carbonyl (C=O) groups is 1. The second-order valence-corrected chi connectivity index (χ2v) is 4.07. The van der Waals surface area contributed by atoms with E-state index >= 15 is 0 Å². The molecule has 1 unspecified atom stereocenters. The zero-order valence-electron chi connectivity index (χ0n) is 9.18. The molecule has 1 aliphatic rings. The SMILES string of the molecule is CNC(=O)NCC(C)CN1CCCC1. The van der Waals surface area contributed by atoms with Crippen LogP contribution >= 0.6 is 0 Å². The summed E-state index contributed by atoms with van der Waals surface area (Å²) in [5.41, 5.74) is 0. The smallest absolute Gasteiger partial charge is 0.314 e. The van der Waals surface area contributed by atoms with Crippen LogP contribution in [0.4, 0.5) is 4.79 Å². The van der Waals surface area contributed by atoms with Gasteiger partial charge in [-0.05, 0) is 31.8 Å². The Morgan fingerprint density at radius 1 is 1.43 bits per heavy atom. The van der Waals surface area contributed by atoms with Crippen LogP contribution in [-0.4, -0.2) is 44.2 Å². The maximum Gasteiger partial charge on any atom is 0.314 e. The highest BCUT2D eigenvalue weighted by molar-refractivity contribution is 5.73. The summed E-state index contributed by atoms with van der Waals surface area (Å²) in [6.07, 6.45) is 2.66. The second kappa shape index (κ2) is 5.86. The van der Waals surface area contributed by atoms with E-state index in [9.17, 15) is 4.79 Å². The number of likely N-dealkylation sites (tertiary alicyclic amines) is 1. The molecule has 0 radical (unpaired) electrons. The summed E-state index contributed by atoms with van der Waals surface area (Å²) in [4.78, 5) is 13.4. The Labute approximate surface area is 86.0 Å². The van der Waals surface area contributed by atoms with Crippen molar-refractivity contribution in [2.24, 2.45) is 5.92 Å². The molecule has 0 aromatic heterocycles. The lowest BCUT2D eigenvalue weighted by molar-refractivity contribution is 0.237. The highest BCUT2D eigenvalue weighted by Gasteiger charge is 2.14. The molecule has 1 aliphatic heterocycles. The number of nitrogens with one attached hydrogen (secondary N) is 2. The first-order valence-corrected chi connectivity index (χ1v) is 5.40. The van der Waals surface area contributed by atoms with E-state index in [2.05, 4.69) is 22.5 Å². The third kappa shape index (κ3) is 3.96. The molecular formula is C10H21N3O. The Kier molecular flexibility index (Phi) is 4.73. The molecule has 0 bridgehead atoms. The third-order valence-electron chi connectivity index (χ3n) is 2.61. The molecule has 2 N–H and O–H groups in total. The van der Waals surface area contributed by atoms with Crippen molar-refractivity contribution in [3.05, 3.63) is 0 Å². The summed E-state index contributed by atoms with van der Waals surface area (Å²) in [7, 11) is 1.64. The molecule has 4 nitrogen and oxygen atoms in total. The number of urea groups is 1. The minimum atomic E-state index is -0.0849. The number of rotatable bonds is 4. The summed E-state index contributed by atoms with van der Waals surface area (Å²) < 4.78 is 0. The van der Waals surface area contributed by atoms with Crippen LogP contribution in [0.15, 0.2) is 0 Å². The number of hydrogen-bond acceptors (Lipinski definition) is 2. The van der Waals surface area contributed by atoms with Crippen molar-refractivity contribution in [3.63, 3.8) is 0 Å². The fraction of sp³-hybridized carbons (Fsp3) is 0.900. The van der Waals surface area contributed by atoms with Crippen molar-refractivity contribution >= 4 is 6.03 Å². The summed E-state index contributed by atoms with van der Waals surface area (Å²) in [6, 6.07) is -0.0849. The minimum absolute atomic E-state index is 0.0849. The number of hydrogen-bond donors (Lipinski definition) is 2. The Balaban J connectivity index is 2.08. The van der Waals surface area contributed by atoms with Crippen LogP contribution in [-0.2, 0) is 0 Å². The van der Waals surface area contributed by atoms with E-state index in [0.29, 0.717) is 5.92 Å². The van der Waals surface area contributed by atoms with Gasteiger partial charge in [-0.2, -0.15) is 0 Å². The van der Waals surface area contributed by atoms with E-state index in [1.807, 2.05) is 0 Å². The normalized spacial score (nSPS) is 19.3. The average molecular weight is 199 g/mol. The third-order valence-corrected chi connectivity index (χ3v) is 2.61. The molecule has 0 spiro atoms. The van der Waals surface area contributed by atoms with Gasteiger partial charge in [-0.1, -0.05) is 6.92 Å². The van der Waals surface area contributed by atoms with Crippen LogP contribution in [0.5, 0.6) is 0 Å².